The van der Waals surface area contributed by atoms with Crippen molar-refractivity contribution in [2.24, 2.45) is 7.05 Å². The molecule has 2 atom stereocenters. The molecule has 2 N–H and O–H groups in total. The highest BCUT2D eigenvalue weighted by Crippen LogP contribution is 2.39. The molecule has 0 spiro atoms. The zero-order chi connectivity index (χ0) is 20.9. The van der Waals surface area contributed by atoms with E-state index in [2.05, 4.69) is 25.5 Å². The molecule has 5 heterocycles. The lowest BCUT2D eigenvalue weighted by molar-refractivity contribution is 0.274. The third kappa shape index (κ3) is 3.31. The van der Waals surface area contributed by atoms with Crippen LogP contribution < -0.4 is 15.0 Å². The Hall–Kier alpha value is -3.13. The van der Waals surface area contributed by atoms with Crippen LogP contribution in [0.15, 0.2) is 36.7 Å². The molecule has 160 valence electrons. The first kappa shape index (κ1) is 18.6. The highest BCUT2D eigenvalue weighted by atomic mass is 16.5. The Bertz CT molecular complexity index is 1120. The van der Waals surface area contributed by atoms with Gasteiger partial charge >= 0.3 is 0 Å². The molecule has 8 nitrogen and oxygen atoms in total. The summed E-state index contributed by atoms with van der Waals surface area (Å²) in [4.78, 5) is 2.38. The lowest BCUT2D eigenvalue weighted by Gasteiger charge is -2.40. The summed E-state index contributed by atoms with van der Waals surface area (Å²) in [6.07, 6.45) is 8.55. The number of hydrogen-bond donors (Lipinski definition) is 2. The van der Waals surface area contributed by atoms with Crippen molar-refractivity contribution in [3.8, 4) is 33.9 Å². The molecule has 2 saturated heterocycles. The molecule has 1 aromatic carbocycles. The number of aryl methyl sites for hydroxylation is 1. The van der Waals surface area contributed by atoms with Crippen molar-refractivity contribution in [3.05, 3.63) is 36.7 Å². The van der Waals surface area contributed by atoms with E-state index in [1.54, 1.807) is 16.9 Å². The van der Waals surface area contributed by atoms with E-state index in [4.69, 9.17) is 4.74 Å². The second-order valence-corrected chi connectivity index (χ2v) is 8.86. The first-order valence-electron chi connectivity index (χ1n) is 11.0. The molecule has 3 aliphatic heterocycles. The van der Waals surface area contributed by atoms with E-state index in [0.717, 1.165) is 42.1 Å². The fourth-order valence-electron chi connectivity index (χ4n) is 5.30. The number of aromatic hydroxyl groups is 1. The molecule has 3 aliphatic rings. The van der Waals surface area contributed by atoms with Crippen LogP contribution in [-0.2, 0) is 7.05 Å². The molecule has 3 aromatic rings. The van der Waals surface area contributed by atoms with Crippen molar-refractivity contribution in [2.75, 3.05) is 18.1 Å². The topological polar surface area (TPSA) is 88.3 Å². The molecule has 6 rings (SSSR count). The lowest BCUT2D eigenvalue weighted by Crippen LogP contribution is -2.50. The molecule has 8 heteroatoms. The van der Waals surface area contributed by atoms with Crippen molar-refractivity contribution >= 4 is 5.82 Å². The zero-order valence-corrected chi connectivity index (χ0v) is 17.5. The monoisotopic (exact) mass is 418 g/mol. The zero-order valence-electron chi connectivity index (χ0n) is 17.5. The van der Waals surface area contributed by atoms with Gasteiger partial charge in [0.15, 0.2) is 11.6 Å². The van der Waals surface area contributed by atoms with Gasteiger partial charge in [0.05, 0.1) is 12.7 Å². The first-order valence-corrected chi connectivity index (χ1v) is 11.0. The minimum Gasteiger partial charge on any atom is -0.507 e. The van der Waals surface area contributed by atoms with Gasteiger partial charge in [0.1, 0.15) is 18.1 Å². The Labute approximate surface area is 180 Å². The number of phenolic OH excluding ortho intramolecular Hbond substituents is 1. The average Bonchev–Trinajstić information content (AvgIpc) is 3.37. The second kappa shape index (κ2) is 7.23. The average molecular weight is 419 g/mol. The quantitative estimate of drug-likeness (QED) is 0.676. The minimum absolute atomic E-state index is 0.165. The highest BCUT2D eigenvalue weighted by Gasteiger charge is 2.38. The number of nitrogens with one attached hydrogen (secondary N) is 1. The standard InChI is InChI=1S/C23H26N6O2/c1-28-13-15(12-24-28)14-2-5-19(21(30)8-14)20-11-22-23(27-26-20)29(6-7-31-22)18-9-16-3-4-17(10-18)25-16/h2,5,8,11-13,16-18,25,30H,3-4,6-7,9-10H2,1H3. The number of anilines is 1. The SMILES string of the molecule is Cn1cc(-c2ccc(-c3cc4c(nn3)N(C3CC5CCC(C3)N5)CCO4)c(O)c2)cn1. The summed E-state index contributed by atoms with van der Waals surface area (Å²) in [5.41, 5.74) is 3.11. The van der Waals surface area contributed by atoms with Gasteiger partial charge in [0.2, 0.25) is 0 Å². The number of nitrogens with zero attached hydrogens (tertiary/aromatic N) is 5. The van der Waals surface area contributed by atoms with Crippen molar-refractivity contribution in [1.82, 2.24) is 25.3 Å². The molecular weight excluding hydrogens is 392 g/mol. The largest absolute Gasteiger partial charge is 0.507 e. The van der Waals surface area contributed by atoms with Crippen LogP contribution in [0.25, 0.3) is 22.4 Å². The third-order valence-corrected chi connectivity index (χ3v) is 6.80. The van der Waals surface area contributed by atoms with Crippen LogP contribution in [0.2, 0.25) is 0 Å². The maximum atomic E-state index is 10.7. The fraction of sp³-hybridized carbons (Fsp3) is 0.435. The Balaban J connectivity index is 1.29. The van der Waals surface area contributed by atoms with Crippen LogP contribution in [-0.4, -0.2) is 56.4 Å². The van der Waals surface area contributed by atoms with Gasteiger partial charge in [-0.3, -0.25) is 4.68 Å². The van der Waals surface area contributed by atoms with Gasteiger partial charge in [-0.15, -0.1) is 10.2 Å². The number of piperidine rings is 1. The highest BCUT2D eigenvalue weighted by molar-refractivity contribution is 5.75. The molecule has 0 radical (unpaired) electrons. The van der Waals surface area contributed by atoms with Gasteiger partial charge in [0.25, 0.3) is 0 Å². The normalized spacial score (nSPS) is 24.7. The van der Waals surface area contributed by atoms with Crippen molar-refractivity contribution in [1.29, 1.82) is 0 Å². The van der Waals surface area contributed by atoms with E-state index in [1.807, 2.05) is 31.4 Å². The summed E-state index contributed by atoms with van der Waals surface area (Å²) in [5.74, 6) is 1.74. The van der Waals surface area contributed by atoms with E-state index in [0.29, 0.717) is 36.0 Å². The summed E-state index contributed by atoms with van der Waals surface area (Å²) in [6, 6.07) is 9.21. The van der Waals surface area contributed by atoms with E-state index in [-0.39, 0.29) is 5.75 Å². The predicted molar refractivity (Wildman–Crippen MR) is 117 cm³/mol. The Morgan fingerprint density at radius 1 is 1.10 bits per heavy atom. The van der Waals surface area contributed by atoms with Crippen molar-refractivity contribution in [3.63, 3.8) is 0 Å². The van der Waals surface area contributed by atoms with Gasteiger partial charge in [-0.05, 0) is 43.4 Å². The van der Waals surface area contributed by atoms with E-state index < -0.39 is 0 Å². The number of rotatable bonds is 3. The Kier molecular flexibility index (Phi) is 4.34. The smallest absolute Gasteiger partial charge is 0.194 e. The van der Waals surface area contributed by atoms with Crippen LogP contribution in [0.4, 0.5) is 5.82 Å². The fourth-order valence-corrected chi connectivity index (χ4v) is 5.30. The van der Waals surface area contributed by atoms with Gasteiger partial charge in [0, 0.05) is 48.6 Å². The third-order valence-electron chi connectivity index (χ3n) is 6.80. The molecule has 0 aliphatic carbocycles. The minimum atomic E-state index is 0.165. The van der Waals surface area contributed by atoms with Crippen LogP contribution in [0.5, 0.6) is 11.5 Å². The predicted octanol–water partition coefficient (Wildman–Crippen LogP) is 2.73. The van der Waals surface area contributed by atoms with E-state index >= 15 is 0 Å². The van der Waals surface area contributed by atoms with E-state index in [9.17, 15) is 5.11 Å². The number of fused-ring (bicyclic) bond motifs is 3. The summed E-state index contributed by atoms with van der Waals surface area (Å²) < 4.78 is 7.70. The maximum Gasteiger partial charge on any atom is 0.194 e. The van der Waals surface area contributed by atoms with Crippen LogP contribution in [0, 0.1) is 0 Å². The van der Waals surface area contributed by atoms with Gasteiger partial charge in [-0.2, -0.15) is 5.10 Å². The number of aromatic nitrogens is 4. The number of hydrogen-bond acceptors (Lipinski definition) is 7. The van der Waals surface area contributed by atoms with Crippen molar-refractivity contribution < 1.29 is 9.84 Å². The van der Waals surface area contributed by atoms with Crippen LogP contribution in [0.3, 0.4) is 0 Å². The first-order chi connectivity index (χ1) is 15.1. The summed E-state index contributed by atoms with van der Waals surface area (Å²) >= 11 is 0. The maximum absolute atomic E-state index is 10.7. The van der Waals surface area contributed by atoms with Gasteiger partial charge in [-0.1, -0.05) is 6.07 Å². The Morgan fingerprint density at radius 3 is 2.68 bits per heavy atom. The van der Waals surface area contributed by atoms with Crippen LogP contribution in [0.1, 0.15) is 25.7 Å². The molecule has 0 amide bonds. The van der Waals surface area contributed by atoms with E-state index in [1.165, 1.54) is 12.8 Å². The van der Waals surface area contributed by atoms with Crippen LogP contribution >= 0.6 is 0 Å². The Morgan fingerprint density at radius 2 is 1.94 bits per heavy atom. The molecule has 2 unspecified atom stereocenters. The summed E-state index contributed by atoms with van der Waals surface area (Å²) in [7, 11) is 1.87. The molecule has 31 heavy (non-hydrogen) atoms. The summed E-state index contributed by atoms with van der Waals surface area (Å²) in [6.45, 7) is 1.49. The number of benzene rings is 1. The molecule has 0 saturated carbocycles. The second-order valence-electron chi connectivity index (χ2n) is 8.86. The number of ether oxygens (including phenoxy) is 1. The lowest BCUT2D eigenvalue weighted by atomic mass is 9.97. The molecular formula is C23H26N6O2. The molecule has 2 bridgehead atoms. The van der Waals surface area contributed by atoms with Crippen molar-refractivity contribution in [2.45, 2.75) is 43.8 Å². The van der Waals surface area contributed by atoms with Gasteiger partial charge in [-0.25, -0.2) is 0 Å². The summed E-state index contributed by atoms with van der Waals surface area (Å²) in [5, 5.41) is 27.6. The molecule has 2 aromatic heterocycles. The van der Waals surface area contributed by atoms with Gasteiger partial charge < -0.3 is 20.1 Å². The molecule has 2 fully saturated rings. The number of phenols is 1.